The van der Waals surface area contributed by atoms with Crippen LogP contribution in [0.3, 0.4) is 0 Å². The van der Waals surface area contributed by atoms with E-state index in [1.54, 1.807) is 29.2 Å². The van der Waals surface area contributed by atoms with Crippen molar-refractivity contribution in [1.82, 2.24) is 4.90 Å². The molecule has 1 amide bonds. The molecule has 1 aliphatic heterocycles. The number of furan rings is 1. The van der Waals surface area contributed by atoms with Gasteiger partial charge in [0, 0.05) is 30.1 Å². The van der Waals surface area contributed by atoms with Crippen LogP contribution in [0.2, 0.25) is 0 Å². The Kier molecular flexibility index (Phi) is 5.08. The zero-order valence-corrected chi connectivity index (χ0v) is 15.7. The maximum absolute atomic E-state index is 12.6. The third-order valence-corrected chi connectivity index (χ3v) is 4.89. The van der Waals surface area contributed by atoms with Gasteiger partial charge in [-0.05, 0) is 36.3 Å². The zero-order valence-electron chi connectivity index (χ0n) is 15.7. The van der Waals surface area contributed by atoms with Crippen LogP contribution in [0.4, 0.5) is 0 Å². The molecule has 2 heterocycles. The average molecular weight is 375 g/mol. The highest BCUT2D eigenvalue weighted by Gasteiger charge is 2.17. The number of hydrogen-bond donors (Lipinski definition) is 0. The molecule has 5 heteroatoms. The number of amides is 1. The molecule has 0 radical (unpaired) electrons. The Hall–Kier alpha value is -3.18. The van der Waals surface area contributed by atoms with Gasteiger partial charge in [-0.1, -0.05) is 36.4 Å². The normalized spacial score (nSPS) is 15.0. The van der Waals surface area contributed by atoms with Gasteiger partial charge in [-0.25, -0.2) is 0 Å². The lowest BCUT2D eigenvalue weighted by Gasteiger charge is -2.25. The fourth-order valence-corrected chi connectivity index (χ4v) is 3.28. The second kappa shape index (κ2) is 7.82. The van der Waals surface area contributed by atoms with Crippen molar-refractivity contribution in [3.05, 3.63) is 77.6 Å². The Morgan fingerprint density at radius 1 is 0.964 bits per heavy atom. The summed E-state index contributed by atoms with van der Waals surface area (Å²) in [6.45, 7) is 4.31. The largest absolute Gasteiger partial charge is 0.453 e. The first-order valence-corrected chi connectivity index (χ1v) is 9.30. The molecule has 1 aromatic heterocycles. The maximum atomic E-state index is 12.6. The Balaban J connectivity index is 1.58. The lowest BCUT2D eigenvalue weighted by molar-refractivity contribution is -0.129. The third kappa shape index (κ3) is 3.75. The molecule has 2 aromatic carbocycles. The topological polar surface area (TPSA) is 59.8 Å². The third-order valence-electron chi connectivity index (χ3n) is 4.89. The van der Waals surface area contributed by atoms with Crippen LogP contribution in [0.1, 0.15) is 28.6 Å². The molecular formula is C23H21NO4. The Morgan fingerprint density at radius 2 is 1.71 bits per heavy atom. The molecule has 1 fully saturated rings. The number of rotatable bonds is 4. The van der Waals surface area contributed by atoms with Crippen molar-refractivity contribution in [2.24, 2.45) is 0 Å². The number of hydrogen-bond acceptors (Lipinski definition) is 4. The minimum absolute atomic E-state index is 0.00645. The molecule has 28 heavy (non-hydrogen) atoms. The monoisotopic (exact) mass is 375 g/mol. The fourth-order valence-electron chi connectivity index (χ4n) is 3.28. The van der Waals surface area contributed by atoms with E-state index in [2.05, 4.69) is 0 Å². The van der Waals surface area contributed by atoms with E-state index >= 15 is 0 Å². The molecule has 1 saturated heterocycles. The van der Waals surface area contributed by atoms with Gasteiger partial charge in [-0.2, -0.15) is 0 Å². The molecule has 0 atom stereocenters. The van der Waals surface area contributed by atoms with E-state index in [1.807, 2.05) is 43.3 Å². The van der Waals surface area contributed by atoms with Crippen molar-refractivity contribution in [3.8, 4) is 0 Å². The number of fused-ring (bicyclic) bond motifs is 1. The van der Waals surface area contributed by atoms with Crippen molar-refractivity contribution < 1.29 is 18.7 Å². The van der Waals surface area contributed by atoms with Crippen LogP contribution in [0, 0.1) is 0 Å². The number of ketones is 1. The van der Waals surface area contributed by atoms with Crippen LogP contribution in [-0.2, 0) is 9.53 Å². The van der Waals surface area contributed by atoms with Crippen molar-refractivity contribution in [1.29, 1.82) is 0 Å². The summed E-state index contributed by atoms with van der Waals surface area (Å²) in [7, 11) is 0. The van der Waals surface area contributed by atoms with Gasteiger partial charge in [-0.15, -0.1) is 0 Å². The molecule has 0 N–H and O–H groups in total. The second-order valence-corrected chi connectivity index (χ2v) is 6.82. The Labute approximate surface area is 163 Å². The van der Waals surface area contributed by atoms with Crippen LogP contribution in [0.25, 0.3) is 16.5 Å². The highest BCUT2D eigenvalue weighted by atomic mass is 16.5. The van der Waals surface area contributed by atoms with E-state index in [0.717, 1.165) is 16.5 Å². The van der Waals surface area contributed by atoms with Crippen LogP contribution in [-0.4, -0.2) is 42.9 Å². The van der Waals surface area contributed by atoms with Gasteiger partial charge < -0.3 is 14.1 Å². The van der Waals surface area contributed by atoms with Gasteiger partial charge in [0.15, 0.2) is 5.76 Å². The first kappa shape index (κ1) is 18.2. The van der Waals surface area contributed by atoms with E-state index in [0.29, 0.717) is 43.2 Å². The summed E-state index contributed by atoms with van der Waals surface area (Å²) in [5, 5.41) is 0.836. The fraction of sp³-hybridized carbons (Fsp3) is 0.217. The van der Waals surface area contributed by atoms with Gasteiger partial charge >= 0.3 is 0 Å². The van der Waals surface area contributed by atoms with E-state index in [-0.39, 0.29) is 11.7 Å². The summed E-state index contributed by atoms with van der Waals surface area (Å²) >= 11 is 0. The zero-order chi connectivity index (χ0) is 19.5. The Bertz CT molecular complexity index is 1040. The molecule has 0 aliphatic carbocycles. The Morgan fingerprint density at radius 3 is 2.46 bits per heavy atom. The first-order valence-electron chi connectivity index (χ1n) is 9.30. The van der Waals surface area contributed by atoms with Gasteiger partial charge in [-0.3, -0.25) is 9.59 Å². The molecule has 0 bridgehead atoms. The molecule has 142 valence electrons. The number of allylic oxidation sites excluding steroid dienone is 1. The number of nitrogens with zero attached hydrogens (tertiary/aromatic N) is 1. The van der Waals surface area contributed by atoms with Crippen molar-refractivity contribution >= 4 is 28.2 Å². The van der Waals surface area contributed by atoms with Crippen LogP contribution in [0.5, 0.6) is 0 Å². The maximum Gasteiger partial charge on any atom is 0.246 e. The lowest BCUT2D eigenvalue weighted by atomic mass is 10.0. The van der Waals surface area contributed by atoms with Crippen LogP contribution < -0.4 is 0 Å². The smallest absolute Gasteiger partial charge is 0.246 e. The quantitative estimate of drug-likeness (QED) is 0.512. The van der Waals surface area contributed by atoms with E-state index < -0.39 is 0 Å². The first-order chi connectivity index (χ1) is 13.6. The molecule has 0 spiro atoms. The summed E-state index contributed by atoms with van der Waals surface area (Å²) < 4.78 is 11.0. The molecular weight excluding hydrogens is 354 g/mol. The SMILES string of the molecule is C/C(=C/C(=O)N1CCOCC1)c1ccc2oc(C(=O)c3ccccc3)cc2c1. The molecule has 3 aromatic rings. The van der Waals surface area contributed by atoms with Gasteiger partial charge in [0.1, 0.15) is 5.58 Å². The number of benzene rings is 2. The van der Waals surface area contributed by atoms with E-state index in [1.165, 1.54) is 0 Å². The van der Waals surface area contributed by atoms with Crippen LogP contribution >= 0.6 is 0 Å². The number of morpholine rings is 1. The van der Waals surface area contributed by atoms with Crippen LogP contribution in [0.15, 0.2) is 65.1 Å². The number of carbonyl (C=O) groups excluding carboxylic acids is 2. The average Bonchev–Trinajstić information content (AvgIpc) is 3.17. The van der Waals surface area contributed by atoms with Gasteiger partial charge in [0.25, 0.3) is 0 Å². The highest BCUT2D eigenvalue weighted by Crippen LogP contribution is 2.25. The minimum atomic E-state index is -0.145. The summed E-state index contributed by atoms with van der Waals surface area (Å²) in [6, 6.07) is 16.5. The van der Waals surface area contributed by atoms with Crippen molar-refractivity contribution in [3.63, 3.8) is 0 Å². The summed E-state index contributed by atoms with van der Waals surface area (Å²) in [4.78, 5) is 26.8. The molecule has 5 nitrogen and oxygen atoms in total. The van der Waals surface area contributed by atoms with E-state index in [4.69, 9.17) is 9.15 Å². The molecule has 4 rings (SSSR count). The van der Waals surface area contributed by atoms with Crippen molar-refractivity contribution in [2.45, 2.75) is 6.92 Å². The molecule has 1 aliphatic rings. The second-order valence-electron chi connectivity index (χ2n) is 6.82. The summed E-state index contributed by atoms with van der Waals surface area (Å²) in [6.07, 6.45) is 1.66. The lowest BCUT2D eigenvalue weighted by Crippen LogP contribution is -2.39. The van der Waals surface area contributed by atoms with Gasteiger partial charge in [0.2, 0.25) is 11.7 Å². The summed E-state index contributed by atoms with van der Waals surface area (Å²) in [5.74, 6) is 0.158. The number of ether oxygens (including phenoxy) is 1. The summed E-state index contributed by atoms with van der Waals surface area (Å²) in [5.41, 5.74) is 3.04. The minimum Gasteiger partial charge on any atom is -0.453 e. The standard InChI is InChI=1S/C23H21NO4/c1-16(13-22(25)24-9-11-27-12-10-24)18-7-8-20-19(14-18)15-21(28-20)23(26)17-5-3-2-4-6-17/h2-8,13-15H,9-12H2,1H3/b16-13-. The predicted octanol–water partition coefficient (Wildman–Crippen LogP) is 3.93. The van der Waals surface area contributed by atoms with E-state index in [9.17, 15) is 9.59 Å². The molecule has 0 saturated carbocycles. The van der Waals surface area contributed by atoms with Crippen molar-refractivity contribution in [2.75, 3.05) is 26.3 Å². The predicted molar refractivity (Wildman–Crippen MR) is 107 cm³/mol. The van der Waals surface area contributed by atoms with Gasteiger partial charge in [0.05, 0.1) is 13.2 Å². The highest BCUT2D eigenvalue weighted by molar-refractivity contribution is 6.09. The molecule has 0 unspecified atom stereocenters. The number of carbonyl (C=O) groups is 2.